The lowest BCUT2D eigenvalue weighted by Crippen LogP contribution is -2.18. The molecule has 1 rings (SSSR count). The summed E-state index contributed by atoms with van der Waals surface area (Å²) in [6.45, 7) is 4.14. The van der Waals surface area contributed by atoms with Crippen molar-refractivity contribution in [3.63, 3.8) is 0 Å². The normalized spacial score (nSPS) is 10.6. The van der Waals surface area contributed by atoms with E-state index in [1.807, 2.05) is 0 Å². The van der Waals surface area contributed by atoms with Gasteiger partial charge in [-0.2, -0.15) is 0 Å². The zero-order valence-electron chi connectivity index (χ0n) is 12.3. The Morgan fingerprint density at radius 2 is 1.90 bits per heavy atom. The highest BCUT2D eigenvalue weighted by atomic mass is 17.1. The van der Waals surface area contributed by atoms with Crippen molar-refractivity contribution >= 4 is 5.78 Å². The second-order valence-electron chi connectivity index (χ2n) is 4.93. The fourth-order valence-electron chi connectivity index (χ4n) is 2.27. The summed E-state index contributed by atoms with van der Waals surface area (Å²) in [6.07, 6.45) is 5.40. The number of ketones is 1. The molecule has 20 heavy (non-hydrogen) atoms. The van der Waals surface area contributed by atoms with Gasteiger partial charge >= 0.3 is 0 Å². The molecule has 1 aromatic rings. The first-order valence-electron chi connectivity index (χ1n) is 7.29. The van der Waals surface area contributed by atoms with E-state index < -0.39 is 0 Å². The maximum absolute atomic E-state index is 12.1. The molecule has 2 radical (unpaired) electrons. The first-order chi connectivity index (χ1) is 9.67. The molecule has 4 nitrogen and oxygen atoms in total. The number of Topliss-reactive ketones (excluding diaryl/α,β-unsaturated/α-hetero) is 1. The Kier molecular flexibility index (Phi) is 7.26. The van der Waals surface area contributed by atoms with E-state index in [9.17, 15) is 10.1 Å². The molecule has 0 unspecified atom stereocenters. The maximum Gasteiger partial charge on any atom is 0.177 e. The molecular formula is C16H23NO3. The number of nitrogens with two attached hydrogens (primary N) is 1. The van der Waals surface area contributed by atoms with Crippen LogP contribution in [0, 0.1) is 6.07 Å². The van der Waals surface area contributed by atoms with Crippen molar-refractivity contribution in [1.82, 2.24) is 0 Å². The molecule has 0 aromatic heterocycles. The van der Waals surface area contributed by atoms with E-state index in [2.05, 4.69) is 24.8 Å². The minimum Gasteiger partial charge on any atom is -0.324 e. The summed E-state index contributed by atoms with van der Waals surface area (Å²) >= 11 is 0. The van der Waals surface area contributed by atoms with E-state index in [1.165, 1.54) is 0 Å². The third kappa shape index (κ3) is 4.32. The van der Waals surface area contributed by atoms with E-state index in [4.69, 9.17) is 5.73 Å². The lowest BCUT2D eigenvalue weighted by atomic mass is 9.91. The number of carbonyl (C=O) groups is 1. The summed E-state index contributed by atoms with van der Waals surface area (Å²) in [7, 11) is 0. The van der Waals surface area contributed by atoms with Crippen molar-refractivity contribution in [2.45, 2.75) is 52.4 Å². The third-order valence-electron chi connectivity index (χ3n) is 3.34. The van der Waals surface area contributed by atoms with Gasteiger partial charge in [0, 0.05) is 16.9 Å². The minimum absolute atomic E-state index is 0.0241. The topological polar surface area (TPSA) is 72.2 Å². The molecule has 0 amide bonds. The summed E-state index contributed by atoms with van der Waals surface area (Å²) in [6, 6.07) is 4.54. The van der Waals surface area contributed by atoms with Gasteiger partial charge in [-0.25, -0.2) is 0 Å². The molecule has 2 N–H and O–H groups in total. The van der Waals surface area contributed by atoms with Gasteiger partial charge in [-0.1, -0.05) is 26.7 Å². The van der Waals surface area contributed by atoms with E-state index in [1.54, 1.807) is 6.07 Å². The molecule has 1 aromatic carbocycles. The standard InChI is InChI=1S/C16H23NO3/c1-3-5-7-12-9-14(20-19)10-13(8-6-4-2)16(12)15(18)11-17/h9H,3-8,11,17H2,1-2H3. The van der Waals surface area contributed by atoms with Crippen LogP contribution in [0.5, 0.6) is 5.75 Å². The molecule has 0 atom stereocenters. The molecule has 0 bridgehead atoms. The number of benzene rings is 1. The highest BCUT2D eigenvalue weighted by Crippen LogP contribution is 2.25. The van der Waals surface area contributed by atoms with Crippen LogP contribution in [0.15, 0.2) is 6.07 Å². The average molecular weight is 277 g/mol. The summed E-state index contributed by atoms with van der Waals surface area (Å²) in [5.74, 6) is 0.0756. The molecule has 0 saturated heterocycles. The minimum atomic E-state index is -0.0871. The Morgan fingerprint density at radius 3 is 2.45 bits per heavy atom. The summed E-state index contributed by atoms with van der Waals surface area (Å²) < 4.78 is 0. The largest absolute Gasteiger partial charge is 0.324 e. The lowest BCUT2D eigenvalue weighted by molar-refractivity contribution is -0.208. The second kappa shape index (κ2) is 8.72. The fraction of sp³-hybridized carbons (Fsp3) is 0.562. The predicted octanol–water partition coefficient (Wildman–Crippen LogP) is 3.04. The van der Waals surface area contributed by atoms with E-state index in [0.29, 0.717) is 12.0 Å². The number of rotatable bonds is 9. The summed E-state index contributed by atoms with van der Waals surface area (Å²) in [5.41, 5.74) is 7.79. The number of carbonyl (C=O) groups excluding carboxylic acids is 1. The van der Waals surface area contributed by atoms with Crippen molar-refractivity contribution in [3.8, 4) is 5.75 Å². The van der Waals surface area contributed by atoms with Crippen LogP contribution in [0.3, 0.4) is 0 Å². The van der Waals surface area contributed by atoms with Crippen LogP contribution in [0.4, 0.5) is 0 Å². The van der Waals surface area contributed by atoms with Crippen molar-refractivity contribution in [3.05, 3.63) is 28.8 Å². The Morgan fingerprint density at radius 1 is 1.25 bits per heavy atom. The van der Waals surface area contributed by atoms with Crippen molar-refractivity contribution in [2.75, 3.05) is 6.54 Å². The van der Waals surface area contributed by atoms with Crippen LogP contribution in [0.2, 0.25) is 0 Å². The van der Waals surface area contributed by atoms with Gasteiger partial charge in [-0.3, -0.25) is 4.79 Å². The average Bonchev–Trinajstić information content (AvgIpc) is 2.49. The highest BCUT2D eigenvalue weighted by molar-refractivity contribution is 6.00. The highest BCUT2D eigenvalue weighted by Gasteiger charge is 2.17. The van der Waals surface area contributed by atoms with Gasteiger partial charge < -0.3 is 10.6 Å². The Bertz CT molecular complexity index is 414. The lowest BCUT2D eigenvalue weighted by Gasteiger charge is -2.14. The maximum atomic E-state index is 12.1. The van der Waals surface area contributed by atoms with Crippen LogP contribution in [-0.4, -0.2) is 12.3 Å². The van der Waals surface area contributed by atoms with Gasteiger partial charge in [0.25, 0.3) is 0 Å². The van der Waals surface area contributed by atoms with Crippen LogP contribution < -0.4 is 10.6 Å². The van der Waals surface area contributed by atoms with E-state index in [-0.39, 0.29) is 18.1 Å². The molecule has 110 valence electrons. The Balaban J connectivity index is 3.24. The zero-order chi connectivity index (χ0) is 15.0. The first kappa shape index (κ1) is 16.7. The molecule has 0 heterocycles. The summed E-state index contributed by atoms with van der Waals surface area (Å²) in [5, 5.41) is 10.7. The number of aryl methyl sites for hydroxylation is 2. The Hall–Kier alpha value is -1.39. The molecule has 0 aliphatic carbocycles. The van der Waals surface area contributed by atoms with E-state index >= 15 is 0 Å². The van der Waals surface area contributed by atoms with Gasteiger partial charge in [0.15, 0.2) is 11.5 Å². The van der Waals surface area contributed by atoms with Crippen molar-refractivity contribution in [2.24, 2.45) is 5.73 Å². The van der Waals surface area contributed by atoms with Gasteiger partial charge in [0.1, 0.15) is 0 Å². The van der Waals surface area contributed by atoms with Gasteiger partial charge in [-0.15, -0.1) is 0 Å². The molecule has 4 heteroatoms. The fourth-order valence-corrected chi connectivity index (χ4v) is 2.27. The first-order valence-corrected chi connectivity index (χ1v) is 7.29. The molecular weight excluding hydrogens is 254 g/mol. The number of unbranched alkanes of at least 4 members (excludes halogenated alkanes) is 2. The van der Waals surface area contributed by atoms with Crippen LogP contribution in [-0.2, 0) is 18.1 Å². The quantitative estimate of drug-likeness (QED) is 0.428. The number of hydrogen-bond acceptors (Lipinski definition) is 3. The Labute approximate surface area is 120 Å². The zero-order valence-corrected chi connectivity index (χ0v) is 12.3. The van der Waals surface area contributed by atoms with Gasteiger partial charge in [0.05, 0.1) is 6.54 Å². The predicted molar refractivity (Wildman–Crippen MR) is 77.2 cm³/mol. The monoisotopic (exact) mass is 277 g/mol. The van der Waals surface area contributed by atoms with Crippen LogP contribution in [0.25, 0.3) is 0 Å². The number of hydrogen-bond donors (Lipinski definition) is 1. The third-order valence-corrected chi connectivity index (χ3v) is 3.34. The molecule has 0 spiro atoms. The molecule has 0 aliphatic rings. The van der Waals surface area contributed by atoms with Crippen molar-refractivity contribution in [1.29, 1.82) is 0 Å². The summed E-state index contributed by atoms with van der Waals surface area (Å²) in [4.78, 5) is 16.2. The van der Waals surface area contributed by atoms with Gasteiger partial charge in [0.2, 0.25) is 0 Å². The van der Waals surface area contributed by atoms with Crippen LogP contribution >= 0.6 is 0 Å². The molecule has 0 fully saturated rings. The smallest absolute Gasteiger partial charge is 0.177 e. The molecule has 0 saturated carbocycles. The van der Waals surface area contributed by atoms with E-state index in [0.717, 1.165) is 43.2 Å². The molecule has 0 aliphatic heterocycles. The van der Waals surface area contributed by atoms with Crippen molar-refractivity contribution < 1.29 is 14.9 Å². The van der Waals surface area contributed by atoms with Gasteiger partial charge in [-0.05, 0) is 42.9 Å². The SMILES string of the molecule is CCCCc1[c]c(O[O])cc(CCCC)c1C(=O)CN. The second-order valence-corrected chi connectivity index (χ2v) is 4.93. The van der Waals surface area contributed by atoms with Crippen LogP contribution in [0.1, 0.15) is 61.0 Å².